The van der Waals surface area contributed by atoms with Crippen LogP contribution in [0.2, 0.25) is 0 Å². The highest BCUT2D eigenvalue weighted by Crippen LogP contribution is 2.29. The van der Waals surface area contributed by atoms with Crippen molar-refractivity contribution in [2.24, 2.45) is 0 Å². The first-order valence-electron chi connectivity index (χ1n) is 9.76. The summed E-state index contributed by atoms with van der Waals surface area (Å²) in [5.41, 5.74) is 1.71. The van der Waals surface area contributed by atoms with Crippen molar-refractivity contribution in [3.63, 3.8) is 0 Å². The van der Waals surface area contributed by atoms with E-state index in [4.69, 9.17) is 0 Å². The first kappa shape index (κ1) is 19.0. The van der Waals surface area contributed by atoms with Crippen LogP contribution in [0.3, 0.4) is 0 Å². The van der Waals surface area contributed by atoms with Gasteiger partial charge in [-0.15, -0.1) is 0 Å². The lowest BCUT2D eigenvalue weighted by atomic mass is 9.98. The Balaban J connectivity index is 1.64. The number of nitrogens with one attached hydrogen (secondary N) is 3. The summed E-state index contributed by atoms with van der Waals surface area (Å²) in [6, 6.07) is 18.8. The second kappa shape index (κ2) is 8.32. The third-order valence-corrected chi connectivity index (χ3v) is 5.28. The van der Waals surface area contributed by atoms with Crippen LogP contribution in [0, 0.1) is 0 Å². The number of carbonyl (C=O) groups excluding carboxylic acids is 2. The van der Waals surface area contributed by atoms with Crippen molar-refractivity contribution < 1.29 is 19.6 Å². The Morgan fingerprint density at radius 1 is 1.10 bits per heavy atom. The van der Waals surface area contributed by atoms with E-state index in [0.717, 1.165) is 27.8 Å². The maximum Gasteiger partial charge on any atom is 0.275 e. The summed E-state index contributed by atoms with van der Waals surface area (Å²) in [5, 5.41) is 20.6. The Labute approximate surface area is 169 Å². The molecule has 0 radical (unpaired) electrons. The molecule has 1 saturated heterocycles. The van der Waals surface area contributed by atoms with Crippen LogP contribution in [-0.4, -0.2) is 31.4 Å². The van der Waals surface area contributed by atoms with E-state index in [2.05, 4.69) is 10.6 Å². The number of fused-ring (bicyclic) bond motifs is 1. The molecule has 1 atom stereocenters. The van der Waals surface area contributed by atoms with Crippen molar-refractivity contribution in [3.8, 4) is 5.75 Å². The van der Waals surface area contributed by atoms with Crippen LogP contribution in [0.5, 0.6) is 5.75 Å². The smallest absolute Gasteiger partial charge is 0.275 e. The first-order valence-corrected chi connectivity index (χ1v) is 9.76. The molecule has 0 aromatic heterocycles. The molecule has 4 rings (SSSR count). The van der Waals surface area contributed by atoms with Gasteiger partial charge in [-0.3, -0.25) is 9.59 Å². The minimum absolute atomic E-state index is 0.0141. The van der Waals surface area contributed by atoms with Crippen molar-refractivity contribution in [1.82, 2.24) is 10.6 Å². The topological polar surface area (TPSA) is 85.7 Å². The summed E-state index contributed by atoms with van der Waals surface area (Å²) in [4.78, 5) is 25.6. The SMILES string of the molecule is O=C1C[NH+](Cc2c([O-])c(C(=O)NCc3ccccc3)cc3ccccc23)CCN1. The van der Waals surface area contributed by atoms with Crippen LogP contribution in [0.4, 0.5) is 0 Å². The minimum atomic E-state index is -0.378. The zero-order valence-corrected chi connectivity index (χ0v) is 16.0. The molecule has 0 spiro atoms. The van der Waals surface area contributed by atoms with E-state index in [1.54, 1.807) is 6.07 Å². The quantitative estimate of drug-likeness (QED) is 0.589. The Morgan fingerprint density at radius 3 is 2.66 bits per heavy atom. The van der Waals surface area contributed by atoms with Crippen LogP contribution in [0.15, 0.2) is 60.7 Å². The maximum absolute atomic E-state index is 13.2. The maximum atomic E-state index is 13.2. The highest BCUT2D eigenvalue weighted by atomic mass is 16.3. The van der Waals surface area contributed by atoms with Gasteiger partial charge in [-0.1, -0.05) is 60.3 Å². The van der Waals surface area contributed by atoms with Gasteiger partial charge < -0.3 is 20.6 Å². The second-order valence-corrected chi connectivity index (χ2v) is 7.32. The van der Waals surface area contributed by atoms with Gasteiger partial charge in [0, 0.05) is 17.7 Å². The lowest BCUT2D eigenvalue weighted by Crippen LogP contribution is -3.14. The van der Waals surface area contributed by atoms with E-state index in [9.17, 15) is 14.7 Å². The third kappa shape index (κ3) is 4.22. The molecule has 0 bridgehead atoms. The second-order valence-electron chi connectivity index (χ2n) is 7.32. The number of carbonyl (C=O) groups is 2. The normalized spacial score (nSPS) is 16.4. The molecular weight excluding hydrogens is 366 g/mol. The van der Waals surface area contributed by atoms with Crippen LogP contribution in [-0.2, 0) is 17.9 Å². The molecule has 1 fully saturated rings. The molecule has 0 saturated carbocycles. The molecule has 148 valence electrons. The molecule has 3 aromatic carbocycles. The highest BCUT2D eigenvalue weighted by molar-refractivity contribution is 6.02. The molecule has 2 amide bonds. The molecule has 3 aromatic rings. The van der Waals surface area contributed by atoms with Gasteiger partial charge in [-0.2, -0.15) is 0 Å². The third-order valence-electron chi connectivity index (χ3n) is 5.28. The molecule has 6 heteroatoms. The molecular formula is C23H23N3O3. The van der Waals surface area contributed by atoms with E-state index < -0.39 is 0 Å². The fourth-order valence-corrected chi connectivity index (χ4v) is 3.78. The van der Waals surface area contributed by atoms with Gasteiger partial charge in [0.2, 0.25) is 0 Å². The number of benzene rings is 3. The predicted molar refractivity (Wildman–Crippen MR) is 108 cm³/mol. The van der Waals surface area contributed by atoms with Gasteiger partial charge in [-0.05, 0) is 22.4 Å². The molecule has 1 aliphatic heterocycles. The average molecular weight is 389 g/mol. The van der Waals surface area contributed by atoms with Crippen LogP contribution < -0.4 is 20.6 Å². The Bertz CT molecular complexity index is 1050. The number of hydrogen-bond acceptors (Lipinski definition) is 3. The minimum Gasteiger partial charge on any atom is -0.872 e. The molecule has 1 heterocycles. The van der Waals surface area contributed by atoms with E-state index in [0.29, 0.717) is 31.7 Å². The fourth-order valence-electron chi connectivity index (χ4n) is 3.78. The number of amides is 2. The summed E-state index contributed by atoms with van der Waals surface area (Å²) in [6.07, 6.45) is 0. The van der Waals surface area contributed by atoms with Gasteiger partial charge in [0.05, 0.1) is 13.1 Å². The molecule has 0 aliphatic carbocycles. The van der Waals surface area contributed by atoms with E-state index >= 15 is 0 Å². The number of piperazine rings is 1. The number of quaternary nitrogens is 1. The van der Waals surface area contributed by atoms with Gasteiger partial charge in [0.1, 0.15) is 6.54 Å². The van der Waals surface area contributed by atoms with Crippen LogP contribution >= 0.6 is 0 Å². The molecule has 1 aliphatic rings. The van der Waals surface area contributed by atoms with Gasteiger partial charge in [0.15, 0.2) is 6.54 Å². The molecule has 1 unspecified atom stereocenters. The van der Waals surface area contributed by atoms with Crippen molar-refractivity contribution >= 4 is 22.6 Å². The highest BCUT2D eigenvalue weighted by Gasteiger charge is 2.22. The monoisotopic (exact) mass is 389 g/mol. The van der Waals surface area contributed by atoms with E-state index in [1.165, 1.54) is 0 Å². The molecule has 3 N–H and O–H groups in total. The Morgan fingerprint density at radius 2 is 1.86 bits per heavy atom. The number of hydrogen-bond donors (Lipinski definition) is 3. The standard InChI is InChI=1S/C23H23N3O3/c27-21-15-26(11-10-24-21)14-20-18-9-5-4-8-17(18)12-19(22(20)28)23(29)25-13-16-6-2-1-3-7-16/h1-9,12,28H,10-11,13-15H2,(H,24,27)(H,25,29). The Kier molecular flexibility index (Phi) is 5.44. The van der Waals surface area contributed by atoms with Gasteiger partial charge >= 0.3 is 0 Å². The average Bonchev–Trinajstić information content (AvgIpc) is 2.74. The van der Waals surface area contributed by atoms with Crippen LogP contribution in [0.1, 0.15) is 21.5 Å². The Hall–Kier alpha value is -3.38. The van der Waals surface area contributed by atoms with Gasteiger partial charge in [-0.25, -0.2) is 0 Å². The lowest BCUT2D eigenvalue weighted by molar-refractivity contribution is -0.907. The molecule has 29 heavy (non-hydrogen) atoms. The van der Waals surface area contributed by atoms with Gasteiger partial charge in [0.25, 0.3) is 11.8 Å². The first-order chi connectivity index (χ1) is 14.1. The predicted octanol–water partition coefficient (Wildman–Crippen LogP) is 0.358. The zero-order valence-electron chi connectivity index (χ0n) is 16.0. The van der Waals surface area contributed by atoms with E-state index in [1.807, 2.05) is 54.6 Å². The van der Waals surface area contributed by atoms with Crippen molar-refractivity contribution in [3.05, 3.63) is 77.4 Å². The molecule has 6 nitrogen and oxygen atoms in total. The summed E-state index contributed by atoms with van der Waals surface area (Å²) in [7, 11) is 0. The van der Waals surface area contributed by atoms with E-state index in [-0.39, 0.29) is 23.1 Å². The summed E-state index contributed by atoms with van der Waals surface area (Å²) < 4.78 is 0. The largest absolute Gasteiger partial charge is 0.872 e. The fraction of sp³-hybridized carbons (Fsp3) is 0.217. The van der Waals surface area contributed by atoms with Crippen molar-refractivity contribution in [2.45, 2.75) is 13.1 Å². The number of rotatable bonds is 5. The summed E-state index contributed by atoms with van der Waals surface area (Å²) in [6.45, 7) is 2.46. The van der Waals surface area contributed by atoms with Crippen molar-refractivity contribution in [1.29, 1.82) is 0 Å². The van der Waals surface area contributed by atoms with Crippen molar-refractivity contribution in [2.75, 3.05) is 19.6 Å². The zero-order chi connectivity index (χ0) is 20.2. The van der Waals surface area contributed by atoms with Crippen LogP contribution in [0.25, 0.3) is 10.8 Å². The summed E-state index contributed by atoms with van der Waals surface area (Å²) in [5.74, 6) is -0.648. The lowest BCUT2D eigenvalue weighted by Gasteiger charge is -2.27. The summed E-state index contributed by atoms with van der Waals surface area (Å²) >= 11 is 0.